The highest BCUT2D eigenvalue weighted by Gasteiger charge is 2.37. The van der Waals surface area contributed by atoms with Crippen LogP contribution in [0.2, 0.25) is 0 Å². The van der Waals surface area contributed by atoms with E-state index in [1.54, 1.807) is 6.20 Å². The summed E-state index contributed by atoms with van der Waals surface area (Å²) < 4.78 is 0. The van der Waals surface area contributed by atoms with Gasteiger partial charge in [-0.25, -0.2) is 9.97 Å². The Bertz CT molecular complexity index is 585. The zero-order chi connectivity index (χ0) is 17.3. The second-order valence-corrected chi connectivity index (χ2v) is 7.92. The lowest BCUT2D eigenvalue weighted by molar-refractivity contribution is 0.0778. The first-order chi connectivity index (χ1) is 11.4. The van der Waals surface area contributed by atoms with Crippen LogP contribution in [0, 0.1) is 31.6 Å². The molecule has 0 aliphatic carbocycles. The Hall–Kier alpha value is -1.49. The number of rotatable bonds is 3. The SMILES string of the molecule is Cc1ncc(C(=O)N2C[C@H]3CCN(CC(C)C)CC[C@H]3C2)c(C)n1. The lowest BCUT2D eigenvalue weighted by Gasteiger charge is -2.23. The Morgan fingerprint density at radius 2 is 1.83 bits per heavy atom. The quantitative estimate of drug-likeness (QED) is 0.854. The molecule has 24 heavy (non-hydrogen) atoms. The van der Waals surface area contributed by atoms with E-state index in [9.17, 15) is 4.79 Å². The van der Waals surface area contributed by atoms with Crippen LogP contribution in [-0.2, 0) is 0 Å². The van der Waals surface area contributed by atoms with Crippen molar-refractivity contribution >= 4 is 5.91 Å². The first kappa shape index (κ1) is 17.3. The molecule has 0 unspecified atom stereocenters. The molecular formula is C19H30N4O. The fourth-order valence-electron chi connectivity index (χ4n) is 4.23. The number of hydrogen-bond donors (Lipinski definition) is 0. The molecular weight excluding hydrogens is 300 g/mol. The van der Waals surface area contributed by atoms with Gasteiger partial charge in [-0.2, -0.15) is 0 Å². The molecule has 3 heterocycles. The van der Waals surface area contributed by atoms with Gasteiger partial charge in [0.25, 0.3) is 5.91 Å². The molecule has 2 aliphatic rings. The van der Waals surface area contributed by atoms with Crippen LogP contribution in [0.5, 0.6) is 0 Å². The number of fused-ring (bicyclic) bond motifs is 1. The van der Waals surface area contributed by atoms with E-state index in [2.05, 4.69) is 28.7 Å². The highest BCUT2D eigenvalue weighted by molar-refractivity contribution is 5.95. The van der Waals surface area contributed by atoms with Crippen LogP contribution < -0.4 is 0 Å². The molecule has 0 spiro atoms. The largest absolute Gasteiger partial charge is 0.338 e. The summed E-state index contributed by atoms with van der Waals surface area (Å²) in [6.07, 6.45) is 4.12. The van der Waals surface area contributed by atoms with Crippen LogP contribution in [0.25, 0.3) is 0 Å². The highest BCUT2D eigenvalue weighted by Crippen LogP contribution is 2.32. The Balaban J connectivity index is 1.63. The molecule has 3 rings (SSSR count). The smallest absolute Gasteiger partial charge is 0.257 e. The predicted octanol–water partition coefficient (Wildman–Crippen LogP) is 2.53. The maximum absolute atomic E-state index is 12.9. The summed E-state index contributed by atoms with van der Waals surface area (Å²) >= 11 is 0. The molecule has 0 aromatic carbocycles. The third-order valence-electron chi connectivity index (χ3n) is 5.45. The standard InChI is InChI=1S/C19H30N4O/c1-13(2)10-22-7-5-16-11-23(12-17(16)6-8-22)19(24)18-9-20-15(4)21-14(18)3/h9,13,16-17H,5-8,10-12H2,1-4H3/t16-,17+. The van der Waals surface area contributed by atoms with E-state index >= 15 is 0 Å². The molecule has 132 valence electrons. The predicted molar refractivity (Wildman–Crippen MR) is 94.9 cm³/mol. The van der Waals surface area contributed by atoms with Gasteiger partial charge in [0.1, 0.15) is 5.82 Å². The van der Waals surface area contributed by atoms with E-state index < -0.39 is 0 Å². The molecule has 1 amide bonds. The zero-order valence-corrected chi connectivity index (χ0v) is 15.5. The lowest BCUT2D eigenvalue weighted by atomic mass is 9.92. The highest BCUT2D eigenvalue weighted by atomic mass is 16.2. The Morgan fingerprint density at radius 1 is 1.21 bits per heavy atom. The Kier molecular flexibility index (Phi) is 5.18. The van der Waals surface area contributed by atoms with Crippen LogP contribution in [0.3, 0.4) is 0 Å². The summed E-state index contributed by atoms with van der Waals surface area (Å²) in [5, 5.41) is 0. The van der Waals surface area contributed by atoms with Crippen LogP contribution in [-0.4, -0.2) is 58.4 Å². The van der Waals surface area contributed by atoms with Crippen molar-refractivity contribution in [3.63, 3.8) is 0 Å². The van der Waals surface area contributed by atoms with Gasteiger partial charge in [0.15, 0.2) is 0 Å². The van der Waals surface area contributed by atoms with Gasteiger partial charge in [0.05, 0.1) is 11.3 Å². The third kappa shape index (κ3) is 3.77. The van der Waals surface area contributed by atoms with Crippen LogP contribution in [0.15, 0.2) is 6.20 Å². The minimum absolute atomic E-state index is 0.111. The molecule has 5 nitrogen and oxygen atoms in total. The van der Waals surface area contributed by atoms with Crippen molar-refractivity contribution in [2.45, 2.75) is 40.5 Å². The van der Waals surface area contributed by atoms with Crippen molar-refractivity contribution < 1.29 is 4.79 Å². The molecule has 1 aromatic heterocycles. The lowest BCUT2D eigenvalue weighted by Crippen LogP contribution is -2.32. The molecule has 0 N–H and O–H groups in total. The molecule has 0 saturated carbocycles. The van der Waals surface area contributed by atoms with Crippen LogP contribution in [0.4, 0.5) is 0 Å². The van der Waals surface area contributed by atoms with Crippen molar-refractivity contribution in [2.75, 3.05) is 32.7 Å². The number of carbonyl (C=O) groups excluding carboxylic acids is 1. The van der Waals surface area contributed by atoms with E-state index in [1.165, 1.54) is 32.5 Å². The van der Waals surface area contributed by atoms with Crippen molar-refractivity contribution in [3.8, 4) is 0 Å². The Morgan fingerprint density at radius 3 is 2.38 bits per heavy atom. The molecule has 0 bridgehead atoms. The van der Waals surface area contributed by atoms with Gasteiger partial charge in [0, 0.05) is 25.8 Å². The van der Waals surface area contributed by atoms with E-state index in [1.807, 2.05) is 18.7 Å². The van der Waals surface area contributed by atoms with Gasteiger partial charge in [0.2, 0.25) is 0 Å². The van der Waals surface area contributed by atoms with Crippen LogP contribution in [0.1, 0.15) is 48.6 Å². The van der Waals surface area contributed by atoms with Crippen molar-refractivity contribution in [3.05, 3.63) is 23.3 Å². The second-order valence-electron chi connectivity index (χ2n) is 7.92. The second kappa shape index (κ2) is 7.18. The number of aryl methyl sites for hydroxylation is 2. The summed E-state index contributed by atoms with van der Waals surface area (Å²) in [6.45, 7) is 13.7. The minimum atomic E-state index is 0.111. The summed E-state index contributed by atoms with van der Waals surface area (Å²) in [5.74, 6) is 2.86. The van der Waals surface area contributed by atoms with Crippen LogP contribution >= 0.6 is 0 Å². The van der Waals surface area contributed by atoms with E-state index in [4.69, 9.17) is 0 Å². The Labute approximate surface area is 145 Å². The third-order valence-corrected chi connectivity index (χ3v) is 5.45. The first-order valence-corrected chi connectivity index (χ1v) is 9.26. The zero-order valence-electron chi connectivity index (χ0n) is 15.5. The molecule has 0 radical (unpaired) electrons. The number of nitrogens with zero attached hydrogens (tertiary/aromatic N) is 4. The fraction of sp³-hybridized carbons (Fsp3) is 0.737. The number of aromatic nitrogens is 2. The summed E-state index contributed by atoms with van der Waals surface area (Å²) in [4.78, 5) is 26.0. The maximum atomic E-state index is 12.9. The van der Waals surface area contributed by atoms with E-state index in [-0.39, 0.29) is 5.91 Å². The minimum Gasteiger partial charge on any atom is -0.338 e. The molecule has 5 heteroatoms. The van der Waals surface area contributed by atoms with Gasteiger partial charge in [-0.05, 0) is 57.5 Å². The number of carbonyl (C=O) groups is 1. The van der Waals surface area contributed by atoms with Gasteiger partial charge in [-0.1, -0.05) is 13.8 Å². The topological polar surface area (TPSA) is 49.3 Å². The summed E-state index contributed by atoms with van der Waals surface area (Å²) in [7, 11) is 0. The first-order valence-electron chi connectivity index (χ1n) is 9.26. The molecule has 1 aromatic rings. The maximum Gasteiger partial charge on any atom is 0.257 e. The van der Waals surface area contributed by atoms with Gasteiger partial charge in [-0.3, -0.25) is 4.79 Å². The van der Waals surface area contributed by atoms with Crippen molar-refractivity contribution in [2.24, 2.45) is 17.8 Å². The van der Waals surface area contributed by atoms with Gasteiger partial charge in [-0.15, -0.1) is 0 Å². The average Bonchev–Trinajstić information content (AvgIpc) is 2.84. The normalized spacial score (nSPS) is 25.0. The van der Waals surface area contributed by atoms with Gasteiger partial charge < -0.3 is 9.80 Å². The summed E-state index contributed by atoms with van der Waals surface area (Å²) in [5.41, 5.74) is 1.46. The number of amides is 1. The fourth-order valence-corrected chi connectivity index (χ4v) is 4.23. The van der Waals surface area contributed by atoms with Gasteiger partial charge >= 0.3 is 0 Å². The number of likely N-dealkylation sites (tertiary alicyclic amines) is 2. The molecule has 2 saturated heterocycles. The summed E-state index contributed by atoms with van der Waals surface area (Å²) in [6, 6.07) is 0. The molecule has 2 fully saturated rings. The van der Waals surface area contributed by atoms with Crippen molar-refractivity contribution in [1.82, 2.24) is 19.8 Å². The van der Waals surface area contributed by atoms with Crippen molar-refractivity contribution in [1.29, 1.82) is 0 Å². The molecule has 2 atom stereocenters. The number of hydrogen-bond acceptors (Lipinski definition) is 4. The average molecular weight is 330 g/mol. The van der Waals surface area contributed by atoms with E-state index in [0.29, 0.717) is 17.4 Å². The molecule has 2 aliphatic heterocycles. The van der Waals surface area contributed by atoms with E-state index in [0.717, 1.165) is 30.5 Å². The monoisotopic (exact) mass is 330 g/mol.